The molecular formula is C25H34N4O3. The third-order valence-electron chi connectivity index (χ3n) is 6.94. The second kappa shape index (κ2) is 9.46. The van der Waals surface area contributed by atoms with Gasteiger partial charge in [0.05, 0.1) is 0 Å². The number of hydrogen-bond donors (Lipinski definition) is 3. The highest BCUT2D eigenvalue weighted by atomic mass is 16.5. The standard InChI is InChI=1S/C25H34N4O3/c1-15-11-16(2)28-25(31)22(15)14-27-24(30)20-5-6-21(18-12-26-13-18)23(17(20)3)29(4)19-7-9-32-10-8-19/h5-6,11,18-19,26H,7-10,12-14H2,1-4H3,(H,27,30)(H,28,31). The molecule has 0 bridgehead atoms. The van der Waals surface area contributed by atoms with Crippen molar-refractivity contribution in [1.82, 2.24) is 15.6 Å². The Kier molecular flexibility index (Phi) is 6.67. The van der Waals surface area contributed by atoms with Crippen molar-refractivity contribution in [2.45, 2.75) is 52.1 Å². The maximum Gasteiger partial charge on any atom is 0.253 e. The predicted molar refractivity (Wildman–Crippen MR) is 127 cm³/mol. The van der Waals surface area contributed by atoms with Crippen molar-refractivity contribution in [1.29, 1.82) is 0 Å². The van der Waals surface area contributed by atoms with Gasteiger partial charge in [0, 0.05) is 74.4 Å². The van der Waals surface area contributed by atoms with E-state index in [-0.39, 0.29) is 18.0 Å². The van der Waals surface area contributed by atoms with E-state index in [9.17, 15) is 9.59 Å². The molecule has 3 N–H and O–H groups in total. The number of anilines is 1. The molecule has 0 spiro atoms. The van der Waals surface area contributed by atoms with Crippen LogP contribution in [0.5, 0.6) is 0 Å². The molecule has 1 aromatic heterocycles. The summed E-state index contributed by atoms with van der Waals surface area (Å²) in [5.74, 6) is 0.318. The minimum absolute atomic E-state index is 0.146. The number of H-pyrrole nitrogens is 1. The van der Waals surface area contributed by atoms with E-state index < -0.39 is 0 Å². The molecule has 0 radical (unpaired) electrons. The van der Waals surface area contributed by atoms with Crippen molar-refractivity contribution >= 4 is 11.6 Å². The average Bonchev–Trinajstić information content (AvgIpc) is 2.72. The quantitative estimate of drug-likeness (QED) is 0.645. The summed E-state index contributed by atoms with van der Waals surface area (Å²) in [6.07, 6.45) is 1.98. The summed E-state index contributed by atoms with van der Waals surface area (Å²) in [5, 5.41) is 6.33. The lowest BCUT2D eigenvalue weighted by atomic mass is 9.87. The van der Waals surface area contributed by atoms with Crippen LogP contribution in [0.4, 0.5) is 5.69 Å². The minimum Gasteiger partial charge on any atom is -0.381 e. The summed E-state index contributed by atoms with van der Waals surface area (Å²) in [4.78, 5) is 30.7. The summed E-state index contributed by atoms with van der Waals surface area (Å²) in [7, 11) is 2.14. The molecule has 3 heterocycles. The molecular weight excluding hydrogens is 404 g/mol. The maximum atomic E-state index is 13.2. The van der Waals surface area contributed by atoms with E-state index in [0.29, 0.717) is 23.1 Å². The monoisotopic (exact) mass is 438 g/mol. The summed E-state index contributed by atoms with van der Waals surface area (Å²) >= 11 is 0. The van der Waals surface area contributed by atoms with Crippen molar-refractivity contribution < 1.29 is 9.53 Å². The molecule has 0 saturated carbocycles. The summed E-state index contributed by atoms with van der Waals surface area (Å²) < 4.78 is 5.56. The fourth-order valence-corrected chi connectivity index (χ4v) is 4.89. The summed E-state index contributed by atoms with van der Waals surface area (Å²) in [6.45, 7) is 9.49. The van der Waals surface area contributed by atoms with E-state index in [2.05, 4.69) is 33.6 Å². The van der Waals surface area contributed by atoms with E-state index in [1.165, 1.54) is 11.3 Å². The van der Waals surface area contributed by atoms with Crippen molar-refractivity contribution in [2.24, 2.45) is 0 Å². The van der Waals surface area contributed by atoms with E-state index in [1.54, 1.807) is 0 Å². The Bertz CT molecular complexity index is 1050. The van der Waals surface area contributed by atoms with Gasteiger partial charge >= 0.3 is 0 Å². The van der Waals surface area contributed by atoms with Gasteiger partial charge in [0.2, 0.25) is 0 Å². The minimum atomic E-state index is -0.151. The van der Waals surface area contributed by atoms with Crippen molar-refractivity contribution in [3.05, 3.63) is 62.1 Å². The number of aryl methyl sites for hydroxylation is 2. The number of ether oxygens (including phenoxy) is 1. The van der Waals surface area contributed by atoms with Crippen LogP contribution in [0.2, 0.25) is 0 Å². The lowest BCUT2D eigenvalue weighted by Crippen LogP contribution is -2.43. The molecule has 2 aliphatic heterocycles. The first-order valence-corrected chi connectivity index (χ1v) is 11.5. The molecule has 172 valence electrons. The van der Waals surface area contributed by atoms with Gasteiger partial charge < -0.3 is 25.3 Å². The van der Waals surface area contributed by atoms with E-state index in [0.717, 1.165) is 56.0 Å². The number of amides is 1. The Morgan fingerprint density at radius 1 is 1.19 bits per heavy atom. The first kappa shape index (κ1) is 22.6. The molecule has 1 amide bonds. The van der Waals surface area contributed by atoms with Gasteiger partial charge in [0.1, 0.15) is 0 Å². The van der Waals surface area contributed by atoms with E-state index >= 15 is 0 Å². The zero-order valence-electron chi connectivity index (χ0n) is 19.5. The highest BCUT2D eigenvalue weighted by Gasteiger charge is 2.29. The Hall–Kier alpha value is -2.64. The van der Waals surface area contributed by atoms with Crippen LogP contribution in [0, 0.1) is 20.8 Å². The fraction of sp³-hybridized carbons (Fsp3) is 0.520. The number of benzene rings is 1. The molecule has 0 unspecified atom stereocenters. The number of carbonyl (C=O) groups excluding carboxylic acids is 1. The fourth-order valence-electron chi connectivity index (χ4n) is 4.89. The lowest BCUT2D eigenvalue weighted by molar-refractivity contribution is 0.0853. The molecule has 4 rings (SSSR count). The molecule has 7 nitrogen and oxygen atoms in total. The number of pyridine rings is 1. The second-order valence-electron chi connectivity index (χ2n) is 9.11. The van der Waals surface area contributed by atoms with Gasteiger partial charge in [-0.15, -0.1) is 0 Å². The Morgan fingerprint density at radius 3 is 2.53 bits per heavy atom. The van der Waals surface area contributed by atoms with Gasteiger partial charge in [0.15, 0.2) is 0 Å². The highest BCUT2D eigenvalue weighted by molar-refractivity contribution is 5.97. The van der Waals surface area contributed by atoms with Crippen LogP contribution in [0.1, 0.15) is 57.1 Å². The zero-order valence-corrected chi connectivity index (χ0v) is 19.5. The predicted octanol–water partition coefficient (Wildman–Crippen LogP) is 2.53. The zero-order chi connectivity index (χ0) is 22.8. The van der Waals surface area contributed by atoms with Crippen molar-refractivity contribution in [2.75, 3.05) is 38.3 Å². The smallest absolute Gasteiger partial charge is 0.253 e. The van der Waals surface area contributed by atoms with Crippen LogP contribution in [0.15, 0.2) is 23.0 Å². The Morgan fingerprint density at radius 2 is 1.91 bits per heavy atom. The lowest BCUT2D eigenvalue weighted by Gasteiger charge is -2.38. The number of aromatic amines is 1. The molecule has 0 atom stereocenters. The van der Waals surface area contributed by atoms with Crippen LogP contribution >= 0.6 is 0 Å². The van der Waals surface area contributed by atoms with Crippen LogP contribution in [-0.2, 0) is 11.3 Å². The first-order chi connectivity index (χ1) is 15.4. The van der Waals surface area contributed by atoms with Crippen LogP contribution in [0.25, 0.3) is 0 Å². The third kappa shape index (κ3) is 4.45. The van der Waals surface area contributed by atoms with E-state index in [4.69, 9.17) is 4.74 Å². The average molecular weight is 439 g/mol. The third-order valence-corrected chi connectivity index (χ3v) is 6.94. The number of aromatic nitrogens is 1. The number of hydrogen-bond acceptors (Lipinski definition) is 5. The van der Waals surface area contributed by atoms with Gasteiger partial charge in [-0.1, -0.05) is 6.07 Å². The molecule has 2 aliphatic rings. The number of nitrogens with one attached hydrogen (secondary N) is 3. The number of carbonyl (C=O) groups is 1. The molecule has 1 aromatic carbocycles. The van der Waals surface area contributed by atoms with Gasteiger partial charge in [0.25, 0.3) is 11.5 Å². The first-order valence-electron chi connectivity index (χ1n) is 11.5. The van der Waals surface area contributed by atoms with Crippen molar-refractivity contribution in [3.63, 3.8) is 0 Å². The molecule has 7 heteroatoms. The number of rotatable bonds is 6. The number of nitrogens with zero attached hydrogens (tertiary/aromatic N) is 1. The largest absolute Gasteiger partial charge is 0.381 e. The van der Waals surface area contributed by atoms with Crippen molar-refractivity contribution in [3.8, 4) is 0 Å². The van der Waals surface area contributed by atoms with Gasteiger partial charge in [-0.25, -0.2) is 0 Å². The molecule has 0 aliphatic carbocycles. The topological polar surface area (TPSA) is 86.5 Å². The van der Waals surface area contributed by atoms with E-state index in [1.807, 2.05) is 32.9 Å². The Labute approximate surface area is 189 Å². The SMILES string of the molecule is Cc1cc(C)c(CNC(=O)c2ccc(C3CNC3)c(N(C)C3CCOCC3)c2C)c(=O)[nH]1. The maximum absolute atomic E-state index is 13.2. The van der Waals surface area contributed by atoms with Crippen LogP contribution in [-0.4, -0.2) is 50.3 Å². The highest BCUT2D eigenvalue weighted by Crippen LogP contribution is 2.36. The molecule has 2 saturated heterocycles. The summed E-state index contributed by atoms with van der Waals surface area (Å²) in [5.41, 5.74) is 6.28. The summed E-state index contributed by atoms with van der Waals surface area (Å²) in [6, 6.07) is 6.38. The van der Waals surface area contributed by atoms with Gasteiger partial charge in [-0.2, -0.15) is 0 Å². The van der Waals surface area contributed by atoms with Crippen LogP contribution < -0.4 is 21.1 Å². The molecule has 2 aromatic rings. The second-order valence-corrected chi connectivity index (χ2v) is 9.11. The molecule has 2 fully saturated rings. The van der Waals surface area contributed by atoms with Crippen LogP contribution in [0.3, 0.4) is 0 Å². The van der Waals surface area contributed by atoms with Gasteiger partial charge in [-0.3, -0.25) is 9.59 Å². The normalized spacial score (nSPS) is 17.1. The Balaban J connectivity index is 1.61. The molecule has 32 heavy (non-hydrogen) atoms. The van der Waals surface area contributed by atoms with Gasteiger partial charge in [-0.05, 0) is 62.4 Å².